The maximum Gasteiger partial charge on any atom is 0.220 e. The molecule has 0 radical (unpaired) electrons. The van der Waals surface area contributed by atoms with Gasteiger partial charge in [-0.3, -0.25) is 4.79 Å². The SMILES string of the molecule is Nc1cc(CCC(=O)NCc2ccccc2)ccc1N1CCOCC1. The highest BCUT2D eigenvalue weighted by atomic mass is 16.5. The zero-order chi connectivity index (χ0) is 17.5. The lowest BCUT2D eigenvalue weighted by molar-refractivity contribution is -0.121. The summed E-state index contributed by atoms with van der Waals surface area (Å²) < 4.78 is 5.38. The lowest BCUT2D eigenvalue weighted by atomic mass is 10.1. The van der Waals surface area contributed by atoms with Crippen LogP contribution < -0.4 is 16.0 Å². The molecule has 1 amide bonds. The van der Waals surface area contributed by atoms with E-state index < -0.39 is 0 Å². The number of carbonyl (C=O) groups is 1. The Balaban J connectivity index is 1.49. The van der Waals surface area contributed by atoms with E-state index in [0.29, 0.717) is 19.4 Å². The number of nitrogen functional groups attached to an aromatic ring is 1. The van der Waals surface area contributed by atoms with Crippen molar-refractivity contribution in [3.05, 3.63) is 59.7 Å². The lowest BCUT2D eigenvalue weighted by Crippen LogP contribution is -2.36. The van der Waals surface area contributed by atoms with Crippen LogP contribution in [0, 0.1) is 0 Å². The van der Waals surface area contributed by atoms with Crippen LogP contribution >= 0.6 is 0 Å². The average Bonchev–Trinajstić information content (AvgIpc) is 2.66. The topological polar surface area (TPSA) is 67.6 Å². The van der Waals surface area contributed by atoms with Gasteiger partial charge in [-0.1, -0.05) is 36.4 Å². The number of nitrogens with two attached hydrogens (primary N) is 1. The van der Waals surface area contributed by atoms with Gasteiger partial charge in [0, 0.05) is 26.1 Å². The van der Waals surface area contributed by atoms with Gasteiger partial charge in [0.15, 0.2) is 0 Å². The second-order valence-electron chi connectivity index (χ2n) is 6.25. The van der Waals surface area contributed by atoms with Gasteiger partial charge < -0.3 is 20.7 Å². The van der Waals surface area contributed by atoms with Gasteiger partial charge in [0.25, 0.3) is 0 Å². The summed E-state index contributed by atoms with van der Waals surface area (Å²) in [6.07, 6.45) is 1.15. The molecule has 5 nitrogen and oxygen atoms in total. The van der Waals surface area contributed by atoms with E-state index in [4.69, 9.17) is 10.5 Å². The zero-order valence-electron chi connectivity index (χ0n) is 14.4. The number of nitrogens with one attached hydrogen (secondary N) is 1. The molecule has 0 saturated carbocycles. The molecule has 2 aromatic carbocycles. The molecule has 0 bridgehead atoms. The minimum atomic E-state index is 0.0553. The summed E-state index contributed by atoms with van der Waals surface area (Å²) in [7, 11) is 0. The van der Waals surface area contributed by atoms with E-state index in [1.165, 1.54) is 0 Å². The molecule has 5 heteroatoms. The van der Waals surface area contributed by atoms with Gasteiger partial charge in [-0.15, -0.1) is 0 Å². The number of aryl methyl sites for hydroxylation is 1. The molecule has 3 N–H and O–H groups in total. The van der Waals surface area contributed by atoms with E-state index in [9.17, 15) is 4.79 Å². The highest BCUT2D eigenvalue weighted by Gasteiger charge is 2.14. The standard InChI is InChI=1S/C20H25N3O2/c21-18-14-16(6-8-19(18)23-10-12-25-13-11-23)7-9-20(24)22-15-17-4-2-1-3-5-17/h1-6,8,14H,7,9-13,15,21H2,(H,22,24). The maximum atomic E-state index is 12.0. The third-order valence-electron chi connectivity index (χ3n) is 4.42. The fourth-order valence-corrected chi connectivity index (χ4v) is 2.99. The van der Waals surface area contributed by atoms with Crippen LogP contribution in [-0.4, -0.2) is 32.2 Å². The maximum absolute atomic E-state index is 12.0. The molecule has 0 unspecified atom stereocenters. The van der Waals surface area contributed by atoms with Crippen molar-refractivity contribution in [2.45, 2.75) is 19.4 Å². The van der Waals surface area contributed by atoms with Crippen LogP contribution in [0.1, 0.15) is 17.5 Å². The van der Waals surface area contributed by atoms with E-state index in [1.54, 1.807) is 0 Å². The minimum Gasteiger partial charge on any atom is -0.397 e. The number of anilines is 2. The first-order valence-electron chi connectivity index (χ1n) is 8.74. The van der Waals surface area contributed by atoms with E-state index in [0.717, 1.165) is 48.8 Å². The van der Waals surface area contributed by atoms with Gasteiger partial charge in [-0.25, -0.2) is 0 Å². The quantitative estimate of drug-likeness (QED) is 0.793. The summed E-state index contributed by atoms with van der Waals surface area (Å²) in [6, 6.07) is 16.0. The van der Waals surface area contributed by atoms with Gasteiger partial charge >= 0.3 is 0 Å². The van der Waals surface area contributed by atoms with Crippen LogP contribution in [0.25, 0.3) is 0 Å². The highest BCUT2D eigenvalue weighted by Crippen LogP contribution is 2.25. The molecule has 132 valence electrons. The Morgan fingerprint density at radius 1 is 1.08 bits per heavy atom. The average molecular weight is 339 g/mol. The Bertz CT molecular complexity index is 697. The van der Waals surface area contributed by atoms with Crippen molar-refractivity contribution in [2.75, 3.05) is 36.9 Å². The summed E-state index contributed by atoms with van der Waals surface area (Å²) >= 11 is 0. The molecule has 0 atom stereocenters. The van der Waals surface area contributed by atoms with Gasteiger partial charge in [0.1, 0.15) is 0 Å². The predicted molar refractivity (Wildman–Crippen MR) is 100 cm³/mol. The van der Waals surface area contributed by atoms with Crippen molar-refractivity contribution >= 4 is 17.3 Å². The number of amides is 1. The van der Waals surface area contributed by atoms with Crippen LogP contribution in [0.3, 0.4) is 0 Å². The lowest BCUT2D eigenvalue weighted by Gasteiger charge is -2.30. The molecule has 25 heavy (non-hydrogen) atoms. The van der Waals surface area contributed by atoms with Crippen LogP contribution in [-0.2, 0) is 22.5 Å². The fraction of sp³-hybridized carbons (Fsp3) is 0.350. The molecule has 2 aromatic rings. The molecule has 1 aliphatic rings. The smallest absolute Gasteiger partial charge is 0.220 e. The van der Waals surface area contributed by atoms with E-state index in [1.807, 2.05) is 36.4 Å². The van der Waals surface area contributed by atoms with Gasteiger partial charge in [-0.05, 0) is 29.7 Å². The molecule has 1 saturated heterocycles. The van der Waals surface area contributed by atoms with Crippen molar-refractivity contribution in [2.24, 2.45) is 0 Å². The summed E-state index contributed by atoms with van der Waals surface area (Å²) in [5.41, 5.74) is 10.2. The third-order valence-corrected chi connectivity index (χ3v) is 4.42. The number of hydrogen-bond donors (Lipinski definition) is 2. The summed E-state index contributed by atoms with van der Waals surface area (Å²) in [5, 5.41) is 2.95. The van der Waals surface area contributed by atoms with Crippen molar-refractivity contribution < 1.29 is 9.53 Å². The predicted octanol–water partition coefficient (Wildman–Crippen LogP) is 2.35. The Kier molecular flexibility index (Phi) is 5.90. The van der Waals surface area contributed by atoms with E-state index >= 15 is 0 Å². The first-order valence-corrected chi connectivity index (χ1v) is 8.74. The largest absolute Gasteiger partial charge is 0.397 e. The second kappa shape index (κ2) is 8.53. The monoisotopic (exact) mass is 339 g/mol. The number of rotatable bonds is 6. The van der Waals surface area contributed by atoms with E-state index in [-0.39, 0.29) is 5.91 Å². The van der Waals surface area contributed by atoms with Crippen molar-refractivity contribution in [3.63, 3.8) is 0 Å². The molecule has 1 aliphatic heterocycles. The first-order chi connectivity index (χ1) is 12.2. The van der Waals surface area contributed by atoms with Gasteiger partial charge in [0.2, 0.25) is 5.91 Å². The number of morpholine rings is 1. The fourth-order valence-electron chi connectivity index (χ4n) is 2.99. The summed E-state index contributed by atoms with van der Waals surface area (Å²) in [4.78, 5) is 14.3. The Morgan fingerprint density at radius 2 is 1.84 bits per heavy atom. The summed E-state index contributed by atoms with van der Waals surface area (Å²) in [6.45, 7) is 3.78. The number of hydrogen-bond acceptors (Lipinski definition) is 4. The van der Waals surface area contributed by atoms with E-state index in [2.05, 4.69) is 22.3 Å². The van der Waals surface area contributed by atoms with Gasteiger partial charge in [-0.2, -0.15) is 0 Å². The Morgan fingerprint density at radius 3 is 2.56 bits per heavy atom. The number of carbonyl (C=O) groups excluding carboxylic acids is 1. The molecule has 1 fully saturated rings. The molecule has 3 rings (SSSR count). The molecule has 1 heterocycles. The molecular formula is C20H25N3O2. The molecule has 0 aliphatic carbocycles. The second-order valence-corrected chi connectivity index (χ2v) is 6.25. The number of ether oxygens (including phenoxy) is 1. The van der Waals surface area contributed by atoms with Crippen molar-refractivity contribution in [1.29, 1.82) is 0 Å². The Labute approximate surface area is 148 Å². The molecular weight excluding hydrogens is 314 g/mol. The van der Waals surface area contributed by atoms with Crippen LogP contribution in [0.2, 0.25) is 0 Å². The third kappa shape index (κ3) is 4.97. The van der Waals surface area contributed by atoms with Crippen molar-refractivity contribution in [3.8, 4) is 0 Å². The minimum absolute atomic E-state index is 0.0553. The number of benzene rings is 2. The Hall–Kier alpha value is -2.53. The van der Waals surface area contributed by atoms with Crippen LogP contribution in [0.15, 0.2) is 48.5 Å². The van der Waals surface area contributed by atoms with Crippen molar-refractivity contribution in [1.82, 2.24) is 5.32 Å². The zero-order valence-corrected chi connectivity index (χ0v) is 14.4. The number of nitrogens with zero attached hydrogens (tertiary/aromatic N) is 1. The van der Waals surface area contributed by atoms with Crippen LogP contribution in [0.5, 0.6) is 0 Å². The normalized spacial score (nSPS) is 14.3. The highest BCUT2D eigenvalue weighted by molar-refractivity contribution is 5.76. The molecule has 0 spiro atoms. The first kappa shape index (κ1) is 17.3. The van der Waals surface area contributed by atoms with Crippen LogP contribution in [0.4, 0.5) is 11.4 Å². The van der Waals surface area contributed by atoms with Gasteiger partial charge in [0.05, 0.1) is 24.6 Å². The molecule has 0 aromatic heterocycles. The summed E-state index contributed by atoms with van der Waals surface area (Å²) in [5.74, 6) is 0.0553.